The molecule has 2 bridgehead atoms. The summed E-state index contributed by atoms with van der Waals surface area (Å²) in [6.45, 7) is 1.57. The van der Waals surface area contributed by atoms with Crippen molar-refractivity contribution >= 4 is 18.3 Å². The normalized spacial score (nSPS) is 28.5. The fraction of sp³-hybridized carbons (Fsp3) is 0.696. The lowest BCUT2D eigenvalue weighted by Crippen LogP contribution is -2.42. The molecule has 1 N–H and O–H groups in total. The topological polar surface area (TPSA) is 41.6 Å². The average Bonchev–Trinajstić information content (AvgIpc) is 3.40. The van der Waals surface area contributed by atoms with Crippen LogP contribution in [0.2, 0.25) is 0 Å². The van der Waals surface area contributed by atoms with Crippen LogP contribution in [-0.2, 0) is 17.8 Å². The molecule has 2 unspecified atom stereocenters. The van der Waals surface area contributed by atoms with E-state index in [9.17, 15) is 4.79 Å². The maximum absolute atomic E-state index is 13.4. The molecule has 0 radical (unpaired) electrons. The third-order valence-electron chi connectivity index (χ3n) is 7.23. The van der Waals surface area contributed by atoms with E-state index in [1.807, 2.05) is 0 Å². The predicted molar refractivity (Wildman–Crippen MR) is 113 cm³/mol. The second-order valence-corrected chi connectivity index (χ2v) is 9.18. The van der Waals surface area contributed by atoms with Crippen molar-refractivity contribution in [2.75, 3.05) is 6.61 Å². The number of benzene rings is 1. The van der Waals surface area contributed by atoms with Crippen LogP contribution in [0.25, 0.3) is 0 Å². The Morgan fingerprint density at radius 2 is 1.86 bits per heavy atom. The Labute approximate surface area is 174 Å². The van der Waals surface area contributed by atoms with Crippen molar-refractivity contribution in [1.82, 2.24) is 10.2 Å². The first-order valence-corrected chi connectivity index (χ1v) is 11.0. The second-order valence-electron chi connectivity index (χ2n) is 9.18. The number of halogens is 1. The van der Waals surface area contributed by atoms with E-state index in [4.69, 9.17) is 4.74 Å². The summed E-state index contributed by atoms with van der Waals surface area (Å²) in [6, 6.07) is 8.29. The lowest BCUT2D eigenvalue weighted by atomic mass is 9.89. The number of carbonyl (C=O) groups excluding carboxylic acids is 1. The molecule has 1 aromatic carbocycles. The summed E-state index contributed by atoms with van der Waals surface area (Å²) in [5, 5.41) is 3.70. The number of carbonyl (C=O) groups is 1. The Bertz CT molecular complexity index is 692. The molecule has 1 saturated carbocycles. The van der Waals surface area contributed by atoms with Crippen LogP contribution in [0.1, 0.15) is 68.9 Å². The minimum Gasteiger partial charge on any atom is -0.493 e. The van der Waals surface area contributed by atoms with Crippen LogP contribution >= 0.6 is 12.4 Å². The van der Waals surface area contributed by atoms with Gasteiger partial charge in [-0.05, 0) is 61.6 Å². The van der Waals surface area contributed by atoms with Gasteiger partial charge in [0.05, 0.1) is 6.61 Å². The highest BCUT2D eigenvalue weighted by molar-refractivity contribution is 5.85. The highest BCUT2D eigenvalue weighted by Gasteiger charge is 2.36. The lowest BCUT2D eigenvalue weighted by Gasteiger charge is -2.33. The molecule has 3 heterocycles. The van der Waals surface area contributed by atoms with Crippen molar-refractivity contribution in [3.8, 4) is 5.75 Å². The zero-order valence-electron chi connectivity index (χ0n) is 16.7. The van der Waals surface area contributed by atoms with E-state index >= 15 is 0 Å². The Hall–Kier alpha value is -1.26. The molecular formula is C23H33ClN2O2. The number of amides is 1. The summed E-state index contributed by atoms with van der Waals surface area (Å²) >= 11 is 0. The molecule has 1 amide bonds. The number of fused-ring (bicyclic) bond motifs is 3. The highest BCUT2D eigenvalue weighted by Crippen LogP contribution is 2.34. The molecule has 4 nitrogen and oxygen atoms in total. The van der Waals surface area contributed by atoms with Crippen molar-refractivity contribution in [3.63, 3.8) is 0 Å². The molecular weight excluding hydrogens is 372 g/mol. The summed E-state index contributed by atoms with van der Waals surface area (Å²) in [6.07, 6.45) is 11.6. The van der Waals surface area contributed by atoms with E-state index in [0.717, 1.165) is 31.7 Å². The molecule has 5 rings (SSSR count). The zero-order valence-corrected chi connectivity index (χ0v) is 17.5. The van der Waals surface area contributed by atoms with E-state index < -0.39 is 0 Å². The van der Waals surface area contributed by atoms with Gasteiger partial charge in [-0.3, -0.25) is 4.79 Å². The van der Waals surface area contributed by atoms with Crippen molar-refractivity contribution < 1.29 is 9.53 Å². The summed E-state index contributed by atoms with van der Waals surface area (Å²) in [7, 11) is 0. The molecule has 3 aliphatic heterocycles. The van der Waals surface area contributed by atoms with Gasteiger partial charge in [-0.15, -0.1) is 12.4 Å². The third-order valence-corrected chi connectivity index (χ3v) is 7.23. The lowest BCUT2D eigenvalue weighted by molar-refractivity contribution is -0.135. The molecule has 2 atom stereocenters. The first-order chi connectivity index (χ1) is 13.2. The smallest absolute Gasteiger partial charge is 0.223 e. The molecule has 3 fully saturated rings. The zero-order chi connectivity index (χ0) is 18.2. The largest absolute Gasteiger partial charge is 0.493 e. The summed E-state index contributed by atoms with van der Waals surface area (Å²) in [4.78, 5) is 15.6. The number of ether oxygens (including phenoxy) is 1. The second kappa shape index (κ2) is 8.62. The molecule has 154 valence electrons. The number of hydrogen-bond donors (Lipinski definition) is 1. The molecule has 28 heavy (non-hydrogen) atoms. The predicted octanol–water partition coefficient (Wildman–Crippen LogP) is 4.24. The molecule has 0 aromatic heterocycles. The minimum atomic E-state index is 0. The van der Waals surface area contributed by atoms with Gasteiger partial charge in [-0.25, -0.2) is 0 Å². The Balaban J connectivity index is 0.00000192. The van der Waals surface area contributed by atoms with Crippen molar-refractivity contribution in [1.29, 1.82) is 0 Å². The molecule has 5 heteroatoms. The van der Waals surface area contributed by atoms with Gasteiger partial charge in [-0.1, -0.05) is 25.0 Å². The molecule has 1 aromatic rings. The molecule has 4 aliphatic rings. The van der Waals surface area contributed by atoms with Crippen LogP contribution in [0.5, 0.6) is 5.75 Å². The fourth-order valence-electron chi connectivity index (χ4n) is 5.88. The number of piperidine rings is 1. The monoisotopic (exact) mass is 404 g/mol. The Morgan fingerprint density at radius 3 is 2.61 bits per heavy atom. The minimum absolute atomic E-state index is 0. The van der Waals surface area contributed by atoms with Gasteiger partial charge in [0, 0.05) is 37.5 Å². The maximum atomic E-state index is 13.4. The van der Waals surface area contributed by atoms with E-state index in [-0.39, 0.29) is 12.4 Å². The van der Waals surface area contributed by atoms with E-state index in [2.05, 4.69) is 28.4 Å². The first-order valence-electron chi connectivity index (χ1n) is 11.0. The fourth-order valence-corrected chi connectivity index (χ4v) is 5.88. The third kappa shape index (κ3) is 4.18. The van der Waals surface area contributed by atoms with Gasteiger partial charge in [-0.2, -0.15) is 0 Å². The van der Waals surface area contributed by atoms with Gasteiger partial charge in [0.2, 0.25) is 5.91 Å². The standard InChI is InChI=1S/C23H32N2O2.ClH/c26-23(14-17-12-19-6-7-20(13-17)24-19)25(21-3-1-2-4-21)15-16-5-8-22-18(11-16)9-10-27-22;/h5,8,11,17,19-21,24H,1-4,6-7,9-10,12-15H2;1H. The maximum Gasteiger partial charge on any atom is 0.223 e. The number of rotatable bonds is 5. The van der Waals surface area contributed by atoms with E-state index in [1.54, 1.807) is 0 Å². The van der Waals surface area contributed by atoms with E-state index in [0.29, 0.717) is 30.0 Å². The summed E-state index contributed by atoms with van der Waals surface area (Å²) < 4.78 is 5.65. The number of nitrogens with one attached hydrogen (secondary N) is 1. The van der Waals surface area contributed by atoms with Gasteiger partial charge >= 0.3 is 0 Å². The molecule has 0 spiro atoms. The van der Waals surface area contributed by atoms with Gasteiger partial charge < -0.3 is 15.0 Å². The van der Waals surface area contributed by atoms with Gasteiger partial charge in [0.1, 0.15) is 5.75 Å². The van der Waals surface area contributed by atoms with Crippen molar-refractivity contribution in [3.05, 3.63) is 29.3 Å². The van der Waals surface area contributed by atoms with Crippen LogP contribution in [0.4, 0.5) is 0 Å². The quantitative estimate of drug-likeness (QED) is 0.798. The van der Waals surface area contributed by atoms with Crippen molar-refractivity contribution in [2.45, 2.75) is 88.9 Å². The Kier molecular flexibility index (Phi) is 6.17. The molecule has 2 saturated heterocycles. The average molecular weight is 405 g/mol. The van der Waals surface area contributed by atoms with Gasteiger partial charge in [0.25, 0.3) is 0 Å². The van der Waals surface area contributed by atoms with Crippen LogP contribution in [0, 0.1) is 5.92 Å². The number of hydrogen-bond acceptors (Lipinski definition) is 3. The Morgan fingerprint density at radius 1 is 1.11 bits per heavy atom. The SMILES string of the molecule is Cl.O=C(CC1CC2CCC(C1)N2)N(Cc1ccc2c(c1)CCO2)C1CCCC1. The summed E-state index contributed by atoms with van der Waals surface area (Å²) in [5.74, 6) is 2.00. The molecule has 1 aliphatic carbocycles. The van der Waals surface area contributed by atoms with Gasteiger partial charge in [0.15, 0.2) is 0 Å². The van der Waals surface area contributed by atoms with Crippen LogP contribution in [0.3, 0.4) is 0 Å². The van der Waals surface area contributed by atoms with Crippen LogP contribution in [-0.4, -0.2) is 35.5 Å². The number of nitrogens with zero attached hydrogens (tertiary/aromatic N) is 1. The van der Waals surface area contributed by atoms with Crippen molar-refractivity contribution in [2.24, 2.45) is 5.92 Å². The summed E-state index contributed by atoms with van der Waals surface area (Å²) in [5.41, 5.74) is 2.58. The van der Waals surface area contributed by atoms with E-state index in [1.165, 1.54) is 62.5 Å². The first kappa shape index (κ1) is 20.0. The van der Waals surface area contributed by atoms with Crippen LogP contribution in [0.15, 0.2) is 18.2 Å². The highest BCUT2D eigenvalue weighted by atomic mass is 35.5. The van der Waals surface area contributed by atoms with Crippen LogP contribution < -0.4 is 10.1 Å².